The minimum absolute atomic E-state index is 0.204. The van der Waals surface area contributed by atoms with Crippen molar-refractivity contribution in [1.82, 2.24) is 15.0 Å². The van der Waals surface area contributed by atoms with Crippen LogP contribution in [-0.2, 0) is 0 Å². The van der Waals surface area contributed by atoms with E-state index in [9.17, 15) is 4.79 Å². The normalized spacial score (nSPS) is 14.2. The Morgan fingerprint density at radius 3 is 2.50 bits per heavy atom. The van der Waals surface area contributed by atoms with Crippen molar-refractivity contribution >= 4 is 17.3 Å². The molecule has 0 unspecified atom stereocenters. The summed E-state index contributed by atoms with van der Waals surface area (Å²) >= 11 is 0. The molecule has 1 fully saturated rings. The summed E-state index contributed by atoms with van der Waals surface area (Å²) in [5.74, 6) is -0.522. The first-order valence-corrected chi connectivity index (χ1v) is 9.72. The summed E-state index contributed by atoms with van der Waals surface area (Å²) in [7, 11) is 0. The number of piperidine rings is 1. The number of hydrogen-bond donors (Lipinski definition) is 2. The van der Waals surface area contributed by atoms with Gasteiger partial charge in [0, 0.05) is 43.4 Å². The Morgan fingerprint density at radius 2 is 1.87 bits per heavy atom. The maximum absolute atomic E-state index is 11.9. The Balaban J connectivity index is 1.47. The summed E-state index contributed by atoms with van der Waals surface area (Å²) in [4.78, 5) is 26.8. The molecule has 0 spiro atoms. The van der Waals surface area contributed by atoms with Crippen LogP contribution >= 0.6 is 0 Å². The van der Waals surface area contributed by atoms with E-state index >= 15 is 0 Å². The van der Waals surface area contributed by atoms with Gasteiger partial charge < -0.3 is 16.0 Å². The zero-order valence-electron chi connectivity index (χ0n) is 16.3. The van der Waals surface area contributed by atoms with E-state index < -0.39 is 5.91 Å². The van der Waals surface area contributed by atoms with Crippen LogP contribution in [0.25, 0.3) is 11.4 Å². The molecule has 150 valence electrons. The molecule has 0 bridgehead atoms. The van der Waals surface area contributed by atoms with Gasteiger partial charge in [-0.3, -0.25) is 19.7 Å². The fourth-order valence-corrected chi connectivity index (χ4v) is 3.59. The van der Waals surface area contributed by atoms with Crippen molar-refractivity contribution in [3.63, 3.8) is 0 Å². The predicted octanol–water partition coefficient (Wildman–Crippen LogP) is 2.59. The number of aromatic nitrogens is 3. The van der Waals surface area contributed by atoms with Gasteiger partial charge in [-0.25, -0.2) is 0 Å². The van der Waals surface area contributed by atoms with Crippen molar-refractivity contribution in [1.29, 1.82) is 5.26 Å². The second kappa shape index (κ2) is 8.57. The molecular weight excluding hydrogens is 378 g/mol. The first kappa shape index (κ1) is 19.3. The molecule has 8 nitrogen and oxygen atoms in total. The maximum atomic E-state index is 11.9. The van der Waals surface area contributed by atoms with Crippen LogP contribution in [0.5, 0.6) is 0 Å². The number of nitriles is 1. The average molecular weight is 399 g/mol. The van der Waals surface area contributed by atoms with E-state index in [1.165, 1.54) is 6.20 Å². The number of nitrogens with zero attached hydrogens (tertiary/aromatic N) is 5. The quantitative estimate of drug-likeness (QED) is 0.676. The van der Waals surface area contributed by atoms with Crippen molar-refractivity contribution in [2.75, 3.05) is 23.3 Å². The number of hydrogen-bond acceptors (Lipinski definition) is 7. The van der Waals surface area contributed by atoms with Gasteiger partial charge in [0.2, 0.25) is 0 Å². The second-order valence-electron chi connectivity index (χ2n) is 7.13. The number of rotatable bonds is 5. The van der Waals surface area contributed by atoms with Gasteiger partial charge in [0.15, 0.2) is 0 Å². The van der Waals surface area contributed by atoms with Crippen LogP contribution < -0.4 is 16.0 Å². The average Bonchev–Trinajstić information content (AvgIpc) is 2.80. The Bertz CT molecular complexity index is 1070. The van der Waals surface area contributed by atoms with Crippen LogP contribution in [0.3, 0.4) is 0 Å². The van der Waals surface area contributed by atoms with E-state index in [0.29, 0.717) is 28.2 Å². The topological polar surface area (TPSA) is 121 Å². The molecule has 1 amide bonds. The van der Waals surface area contributed by atoms with Crippen molar-refractivity contribution in [3.8, 4) is 17.5 Å². The fraction of sp³-hybridized carbons (Fsp3) is 0.227. The fourth-order valence-electron chi connectivity index (χ4n) is 3.59. The Hall–Kier alpha value is -3.99. The zero-order chi connectivity index (χ0) is 20.9. The molecule has 4 rings (SSSR count). The number of anilines is 2. The van der Waals surface area contributed by atoms with Crippen molar-refractivity contribution in [2.24, 2.45) is 5.73 Å². The third-order valence-corrected chi connectivity index (χ3v) is 5.21. The molecule has 3 aromatic rings. The molecule has 1 aliphatic rings. The number of benzene rings is 1. The minimum atomic E-state index is -0.522. The molecule has 1 aliphatic heterocycles. The lowest BCUT2D eigenvalue weighted by atomic mass is 10.0. The number of nitrogens with two attached hydrogens (primary N) is 1. The molecule has 2 aromatic heterocycles. The summed E-state index contributed by atoms with van der Waals surface area (Å²) in [6, 6.07) is 11.8. The molecule has 0 aliphatic carbocycles. The van der Waals surface area contributed by atoms with Gasteiger partial charge in [-0.15, -0.1) is 0 Å². The van der Waals surface area contributed by atoms with Gasteiger partial charge in [0.1, 0.15) is 5.69 Å². The van der Waals surface area contributed by atoms with Crippen LogP contribution in [0, 0.1) is 11.3 Å². The van der Waals surface area contributed by atoms with E-state index in [1.807, 2.05) is 24.3 Å². The highest BCUT2D eigenvalue weighted by Gasteiger charge is 2.21. The minimum Gasteiger partial charge on any atom is -0.381 e. The highest BCUT2D eigenvalue weighted by molar-refractivity contribution is 5.98. The van der Waals surface area contributed by atoms with E-state index in [1.54, 1.807) is 24.7 Å². The van der Waals surface area contributed by atoms with Crippen LogP contribution in [-0.4, -0.2) is 40.0 Å². The molecule has 30 heavy (non-hydrogen) atoms. The molecule has 0 radical (unpaired) electrons. The second-order valence-corrected chi connectivity index (χ2v) is 7.13. The third-order valence-electron chi connectivity index (χ3n) is 5.21. The monoisotopic (exact) mass is 399 g/mol. The number of pyridine rings is 1. The Kier molecular flexibility index (Phi) is 5.52. The van der Waals surface area contributed by atoms with Gasteiger partial charge in [0.25, 0.3) is 5.91 Å². The van der Waals surface area contributed by atoms with Crippen molar-refractivity contribution < 1.29 is 4.79 Å². The standard InChI is InChI=1S/C22H21N7O/c23-12-15-1-3-17(4-2-15)29-9-5-16(6-10-29)28-19-11-20(21-14-25-7-8-26-21)27-13-18(19)22(24)30/h1-4,7-8,11,13-14,16H,5-6,9-10H2,(H2,24,30)(H,27,28). The number of carbonyl (C=O) groups is 1. The van der Waals surface area contributed by atoms with Crippen LogP contribution in [0.1, 0.15) is 28.8 Å². The van der Waals surface area contributed by atoms with Gasteiger partial charge in [0.05, 0.1) is 34.8 Å². The number of primary amides is 1. The van der Waals surface area contributed by atoms with Crippen molar-refractivity contribution in [2.45, 2.75) is 18.9 Å². The predicted molar refractivity (Wildman–Crippen MR) is 114 cm³/mol. The molecule has 3 N–H and O–H groups in total. The van der Waals surface area contributed by atoms with Gasteiger partial charge in [-0.1, -0.05) is 0 Å². The summed E-state index contributed by atoms with van der Waals surface area (Å²) in [5.41, 5.74) is 9.60. The number of carbonyl (C=O) groups excluding carboxylic acids is 1. The SMILES string of the molecule is N#Cc1ccc(N2CCC(Nc3cc(-c4cnccn4)ncc3C(N)=O)CC2)cc1. The van der Waals surface area contributed by atoms with Gasteiger partial charge in [-0.2, -0.15) is 5.26 Å². The number of nitrogens with one attached hydrogen (secondary N) is 1. The van der Waals surface area contributed by atoms with Crippen LogP contribution in [0.2, 0.25) is 0 Å². The maximum Gasteiger partial charge on any atom is 0.252 e. The zero-order valence-corrected chi connectivity index (χ0v) is 16.3. The molecule has 1 saturated heterocycles. The Morgan fingerprint density at radius 1 is 1.10 bits per heavy atom. The lowest BCUT2D eigenvalue weighted by Crippen LogP contribution is -2.39. The van der Waals surface area contributed by atoms with Gasteiger partial charge in [-0.05, 0) is 43.2 Å². The van der Waals surface area contributed by atoms with Gasteiger partial charge >= 0.3 is 0 Å². The molecule has 8 heteroatoms. The van der Waals surface area contributed by atoms with Crippen molar-refractivity contribution in [3.05, 3.63) is 66.2 Å². The molecule has 1 aromatic carbocycles. The first-order chi connectivity index (χ1) is 14.6. The van der Waals surface area contributed by atoms with E-state index in [4.69, 9.17) is 11.0 Å². The number of amides is 1. The summed E-state index contributed by atoms with van der Waals surface area (Å²) < 4.78 is 0. The lowest BCUT2D eigenvalue weighted by molar-refractivity contribution is 0.100. The van der Waals surface area contributed by atoms with Crippen LogP contribution in [0.15, 0.2) is 55.1 Å². The molecule has 0 saturated carbocycles. The lowest BCUT2D eigenvalue weighted by Gasteiger charge is -2.34. The highest BCUT2D eigenvalue weighted by Crippen LogP contribution is 2.26. The third kappa shape index (κ3) is 4.20. The van der Waals surface area contributed by atoms with E-state index in [-0.39, 0.29) is 6.04 Å². The highest BCUT2D eigenvalue weighted by atomic mass is 16.1. The van der Waals surface area contributed by atoms with E-state index in [0.717, 1.165) is 31.6 Å². The molecule has 0 atom stereocenters. The smallest absolute Gasteiger partial charge is 0.252 e. The molecule has 3 heterocycles. The summed E-state index contributed by atoms with van der Waals surface area (Å²) in [5, 5.41) is 12.4. The van der Waals surface area contributed by atoms with E-state index in [2.05, 4.69) is 31.2 Å². The largest absolute Gasteiger partial charge is 0.381 e. The first-order valence-electron chi connectivity index (χ1n) is 9.72. The molecular formula is C22H21N7O. The summed E-state index contributed by atoms with van der Waals surface area (Å²) in [6.07, 6.45) is 8.13. The summed E-state index contributed by atoms with van der Waals surface area (Å²) in [6.45, 7) is 1.75. The van der Waals surface area contributed by atoms with Crippen LogP contribution in [0.4, 0.5) is 11.4 Å². The Labute approximate surface area is 174 Å².